The summed E-state index contributed by atoms with van der Waals surface area (Å²) in [7, 11) is 0. The topological polar surface area (TPSA) is 54.5 Å². The second-order valence-electron chi connectivity index (χ2n) is 3.85. The summed E-state index contributed by atoms with van der Waals surface area (Å²) in [5.74, 6) is 0.494. The van der Waals surface area contributed by atoms with Gasteiger partial charge in [0.25, 0.3) is 0 Å². The van der Waals surface area contributed by atoms with Crippen molar-refractivity contribution in [3.05, 3.63) is 24.2 Å². The first-order chi connectivity index (χ1) is 7.40. The van der Waals surface area contributed by atoms with Crippen LogP contribution in [0.1, 0.15) is 31.1 Å². The molecule has 4 nitrogen and oxygen atoms in total. The van der Waals surface area contributed by atoms with E-state index in [0.29, 0.717) is 11.9 Å². The molecule has 1 fully saturated rings. The molecule has 0 saturated heterocycles. The van der Waals surface area contributed by atoms with Crippen LogP contribution < -0.4 is 0 Å². The van der Waals surface area contributed by atoms with Gasteiger partial charge in [0.1, 0.15) is 11.6 Å². The predicted molar refractivity (Wildman–Crippen MR) is 55.1 cm³/mol. The standard InChI is InChI=1S/C11H10N4/c12-7-10-14-9-5-2-6-13-11(9)15(10)8-3-1-4-8/h2,5-6,8H,1,3-4H2. The number of hydrogen-bond acceptors (Lipinski definition) is 3. The average Bonchev–Trinajstić information content (AvgIpc) is 2.55. The summed E-state index contributed by atoms with van der Waals surface area (Å²) in [6, 6.07) is 6.33. The molecule has 1 aliphatic rings. The van der Waals surface area contributed by atoms with Crippen LogP contribution in [0.2, 0.25) is 0 Å². The fourth-order valence-electron chi connectivity index (χ4n) is 2.00. The Morgan fingerprint density at radius 2 is 2.33 bits per heavy atom. The molecule has 15 heavy (non-hydrogen) atoms. The Kier molecular flexibility index (Phi) is 1.72. The van der Waals surface area contributed by atoms with E-state index in [-0.39, 0.29) is 0 Å². The zero-order chi connectivity index (χ0) is 10.3. The minimum atomic E-state index is 0.430. The van der Waals surface area contributed by atoms with Crippen molar-refractivity contribution in [1.82, 2.24) is 14.5 Å². The Balaban J connectivity index is 2.28. The molecule has 0 amide bonds. The molecule has 74 valence electrons. The first-order valence-electron chi connectivity index (χ1n) is 5.13. The molecule has 0 aliphatic heterocycles. The number of nitriles is 1. The van der Waals surface area contributed by atoms with E-state index < -0.39 is 0 Å². The van der Waals surface area contributed by atoms with Crippen molar-refractivity contribution >= 4 is 11.2 Å². The molecule has 2 aromatic heterocycles. The molecule has 0 atom stereocenters. The van der Waals surface area contributed by atoms with Gasteiger partial charge < -0.3 is 0 Å². The molecule has 2 aromatic rings. The number of fused-ring (bicyclic) bond motifs is 1. The largest absolute Gasteiger partial charge is 0.297 e. The molecule has 0 aromatic carbocycles. The summed E-state index contributed by atoms with van der Waals surface area (Å²) >= 11 is 0. The van der Waals surface area contributed by atoms with Gasteiger partial charge in [-0.2, -0.15) is 5.26 Å². The molecule has 1 aliphatic carbocycles. The van der Waals surface area contributed by atoms with Gasteiger partial charge in [-0.1, -0.05) is 0 Å². The Morgan fingerprint density at radius 3 is 3.00 bits per heavy atom. The minimum absolute atomic E-state index is 0.430. The summed E-state index contributed by atoms with van der Waals surface area (Å²) in [6.45, 7) is 0. The van der Waals surface area contributed by atoms with E-state index in [1.54, 1.807) is 6.20 Å². The maximum Gasteiger partial charge on any atom is 0.215 e. The fraction of sp³-hybridized carbons (Fsp3) is 0.364. The molecule has 0 N–H and O–H groups in total. The van der Waals surface area contributed by atoms with Crippen molar-refractivity contribution in [2.24, 2.45) is 0 Å². The number of hydrogen-bond donors (Lipinski definition) is 0. The van der Waals surface area contributed by atoms with Crippen LogP contribution >= 0.6 is 0 Å². The number of nitrogens with zero attached hydrogens (tertiary/aromatic N) is 4. The molecule has 3 rings (SSSR count). The van der Waals surface area contributed by atoms with Crippen molar-refractivity contribution < 1.29 is 0 Å². The van der Waals surface area contributed by atoms with Crippen LogP contribution in [0.15, 0.2) is 18.3 Å². The zero-order valence-corrected chi connectivity index (χ0v) is 8.22. The summed E-state index contributed by atoms with van der Waals surface area (Å²) in [6.07, 6.45) is 5.26. The van der Waals surface area contributed by atoms with Gasteiger partial charge >= 0.3 is 0 Å². The molecular formula is C11H10N4. The summed E-state index contributed by atoms with van der Waals surface area (Å²) in [5, 5.41) is 9.03. The second kappa shape index (κ2) is 3.06. The molecular weight excluding hydrogens is 188 g/mol. The van der Waals surface area contributed by atoms with Crippen LogP contribution in [-0.4, -0.2) is 14.5 Å². The summed E-state index contributed by atoms with van der Waals surface area (Å²) in [5.41, 5.74) is 1.67. The number of rotatable bonds is 1. The molecule has 2 heterocycles. The molecule has 0 radical (unpaired) electrons. The first-order valence-corrected chi connectivity index (χ1v) is 5.13. The Hall–Kier alpha value is -1.89. The van der Waals surface area contributed by atoms with E-state index in [1.165, 1.54) is 6.42 Å². The van der Waals surface area contributed by atoms with Crippen LogP contribution in [0.3, 0.4) is 0 Å². The highest BCUT2D eigenvalue weighted by atomic mass is 15.2. The van der Waals surface area contributed by atoms with Gasteiger partial charge in [0.05, 0.1) is 0 Å². The molecule has 0 unspecified atom stereocenters. The van der Waals surface area contributed by atoms with E-state index in [4.69, 9.17) is 5.26 Å². The molecule has 1 saturated carbocycles. The van der Waals surface area contributed by atoms with Gasteiger partial charge in [-0.3, -0.25) is 4.57 Å². The van der Waals surface area contributed by atoms with Gasteiger partial charge in [0.15, 0.2) is 5.65 Å². The van der Waals surface area contributed by atoms with Crippen molar-refractivity contribution in [1.29, 1.82) is 5.26 Å². The SMILES string of the molecule is N#Cc1nc2cccnc2n1C1CCC1. The van der Waals surface area contributed by atoms with E-state index in [0.717, 1.165) is 24.0 Å². The third-order valence-corrected chi connectivity index (χ3v) is 2.99. The van der Waals surface area contributed by atoms with Crippen LogP contribution in [0.25, 0.3) is 11.2 Å². The number of pyridine rings is 1. The van der Waals surface area contributed by atoms with Gasteiger partial charge in [-0.25, -0.2) is 9.97 Å². The van der Waals surface area contributed by atoms with Crippen molar-refractivity contribution in [3.8, 4) is 6.07 Å². The Morgan fingerprint density at radius 1 is 1.47 bits per heavy atom. The number of imidazole rings is 1. The van der Waals surface area contributed by atoms with Gasteiger partial charge in [0, 0.05) is 12.2 Å². The third kappa shape index (κ3) is 1.13. The zero-order valence-electron chi connectivity index (χ0n) is 8.22. The maximum atomic E-state index is 9.03. The van der Waals surface area contributed by atoms with Crippen molar-refractivity contribution in [3.63, 3.8) is 0 Å². The lowest BCUT2D eigenvalue weighted by molar-refractivity contribution is 0.317. The lowest BCUT2D eigenvalue weighted by atomic mass is 9.93. The fourth-order valence-corrected chi connectivity index (χ4v) is 2.00. The minimum Gasteiger partial charge on any atom is -0.297 e. The van der Waals surface area contributed by atoms with E-state index in [9.17, 15) is 0 Å². The van der Waals surface area contributed by atoms with E-state index in [1.807, 2.05) is 16.7 Å². The van der Waals surface area contributed by atoms with Gasteiger partial charge in [0.2, 0.25) is 5.82 Å². The first kappa shape index (κ1) is 8.42. The van der Waals surface area contributed by atoms with Crippen molar-refractivity contribution in [2.75, 3.05) is 0 Å². The quantitative estimate of drug-likeness (QED) is 0.704. The highest BCUT2D eigenvalue weighted by Crippen LogP contribution is 2.34. The number of aromatic nitrogens is 3. The van der Waals surface area contributed by atoms with Crippen LogP contribution in [0.5, 0.6) is 0 Å². The second-order valence-corrected chi connectivity index (χ2v) is 3.85. The Labute approximate surface area is 87.2 Å². The summed E-state index contributed by atoms with van der Waals surface area (Å²) < 4.78 is 1.98. The van der Waals surface area contributed by atoms with E-state index >= 15 is 0 Å². The highest BCUT2D eigenvalue weighted by Gasteiger charge is 2.24. The van der Waals surface area contributed by atoms with Gasteiger partial charge in [-0.15, -0.1) is 0 Å². The third-order valence-electron chi connectivity index (χ3n) is 2.99. The lowest BCUT2D eigenvalue weighted by Gasteiger charge is -2.27. The predicted octanol–water partition coefficient (Wildman–Crippen LogP) is 2.03. The molecule has 4 heteroatoms. The lowest BCUT2D eigenvalue weighted by Crippen LogP contribution is -2.18. The normalized spacial score (nSPS) is 16.2. The Bertz CT molecular complexity index is 545. The average molecular weight is 198 g/mol. The molecule has 0 bridgehead atoms. The smallest absolute Gasteiger partial charge is 0.215 e. The maximum absolute atomic E-state index is 9.03. The summed E-state index contributed by atoms with van der Waals surface area (Å²) in [4.78, 5) is 8.58. The van der Waals surface area contributed by atoms with E-state index in [2.05, 4.69) is 16.0 Å². The van der Waals surface area contributed by atoms with Crippen LogP contribution in [-0.2, 0) is 0 Å². The highest BCUT2D eigenvalue weighted by molar-refractivity contribution is 5.72. The molecule has 0 spiro atoms. The van der Waals surface area contributed by atoms with Gasteiger partial charge in [-0.05, 0) is 31.4 Å². The monoisotopic (exact) mass is 198 g/mol. The van der Waals surface area contributed by atoms with Crippen LogP contribution in [0.4, 0.5) is 0 Å². The van der Waals surface area contributed by atoms with Crippen molar-refractivity contribution in [2.45, 2.75) is 25.3 Å². The van der Waals surface area contributed by atoms with Crippen LogP contribution in [0, 0.1) is 11.3 Å².